The van der Waals surface area contributed by atoms with Crippen LogP contribution in [0, 0.1) is 10.1 Å². The fourth-order valence-corrected chi connectivity index (χ4v) is 4.61. The number of nitro benzene ring substituents is 1. The van der Waals surface area contributed by atoms with Crippen LogP contribution < -0.4 is 5.63 Å². The fraction of sp³-hybridized carbons (Fsp3) is 0.185. The molecule has 2 heterocycles. The normalized spacial score (nSPS) is 14.4. The Balaban J connectivity index is 1.37. The maximum atomic E-state index is 13.2. The maximum absolute atomic E-state index is 13.2. The topological polar surface area (TPSA) is 96.9 Å². The van der Waals surface area contributed by atoms with E-state index in [4.69, 9.17) is 4.42 Å². The van der Waals surface area contributed by atoms with Gasteiger partial charge in [-0.2, -0.15) is 0 Å². The third-order valence-electron chi connectivity index (χ3n) is 6.35. The lowest BCUT2D eigenvalue weighted by atomic mass is 9.96. The fourth-order valence-electron chi connectivity index (χ4n) is 4.61. The van der Waals surface area contributed by atoms with Crippen molar-refractivity contribution in [3.05, 3.63) is 122 Å². The maximum Gasteiger partial charge on any atom is 0.349 e. The quantitative estimate of drug-likeness (QED) is 0.246. The summed E-state index contributed by atoms with van der Waals surface area (Å²) in [5.74, 6) is -0.428. The number of nitro groups is 1. The number of hydrogen-bond acceptors (Lipinski definition) is 6. The van der Waals surface area contributed by atoms with Crippen LogP contribution >= 0.6 is 0 Å². The van der Waals surface area contributed by atoms with Crippen molar-refractivity contribution >= 4 is 22.6 Å². The standard InChI is InChI=1S/C27H23N3O5/c31-26(23-18-21-17-22(30(33)34)11-12-24(21)35-27(23)32)29-15-13-28(14-16-29)25(19-7-3-1-4-8-19)20-9-5-2-6-10-20/h1-12,17-18,25H,13-16H2. The molecular formula is C27H23N3O5. The van der Waals surface area contributed by atoms with Crippen molar-refractivity contribution in [2.45, 2.75) is 6.04 Å². The number of carbonyl (C=O) groups is 1. The summed E-state index contributed by atoms with van der Waals surface area (Å²) in [6, 6.07) is 25.9. The van der Waals surface area contributed by atoms with Crippen molar-refractivity contribution in [1.82, 2.24) is 9.80 Å². The molecule has 0 atom stereocenters. The first-order valence-electron chi connectivity index (χ1n) is 11.4. The molecule has 0 N–H and O–H groups in total. The minimum Gasteiger partial charge on any atom is -0.422 e. The molecule has 1 saturated heterocycles. The molecule has 0 saturated carbocycles. The van der Waals surface area contributed by atoms with E-state index in [1.54, 1.807) is 4.90 Å². The Bertz CT molecular complexity index is 1390. The van der Waals surface area contributed by atoms with Gasteiger partial charge in [0.1, 0.15) is 11.1 Å². The second-order valence-electron chi connectivity index (χ2n) is 8.48. The summed E-state index contributed by atoms with van der Waals surface area (Å²) < 4.78 is 5.28. The molecule has 1 aliphatic heterocycles. The van der Waals surface area contributed by atoms with Crippen molar-refractivity contribution in [3.63, 3.8) is 0 Å². The third kappa shape index (κ3) is 4.56. The van der Waals surface area contributed by atoms with Crippen molar-refractivity contribution in [1.29, 1.82) is 0 Å². The van der Waals surface area contributed by atoms with Crippen LogP contribution in [-0.2, 0) is 0 Å². The van der Waals surface area contributed by atoms with Crippen molar-refractivity contribution < 1.29 is 14.1 Å². The summed E-state index contributed by atoms with van der Waals surface area (Å²) in [5, 5.41) is 11.4. The Morgan fingerprint density at radius 3 is 2.03 bits per heavy atom. The van der Waals surface area contributed by atoms with Crippen LogP contribution in [0.4, 0.5) is 5.69 Å². The second kappa shape index (κ2) is 9.52. The van der Waals surface area contributed by atoms with E-state index in [0.29, 0.717) is 31.6 Å². The first kappa shape index (κ1) is 22.5. The van der Waals surface area contributed by atoms with Crippen LogP contribution in [-0.4, -0.2) is 46.8 Å². The molecule has 35 heavy (non-hydrogen) atoms. The zero-order valence-electron chi connectivity index (χ0n) is 18.9. The number of fused-ring (bicyclic) bond motifs is 1. The lowest BCUT2D eigenvalue weighted by Crippen LogP contribution is -2.50. The molecule has 176 valence electrons. The van der Waals surface area contributed by atoms with Crippen molar-refractivity contribution in [2.24, 2.45) is 0 Å². The minimum atomic E-state index is -0.745. The molecule has 1 aliphatic rings. The van der Waals surface area contributed by atoms with E-state index >= 15 is 0 Å². The molecule has 8 nitrogen and oxygen atoms in total. The van der Waals surface area contributed by atoms with Crippen molar-refractivity contribution in [2.75, 3.05) is 26.2 Å². The molecule has 0 unspecified atom stereocenters. The predicted octanol–water partition coefficient (Wildman–Crippen LogP) is 4.25. The molecule has 0 spiro atoms. The average Bonchev–Trinajstić information content (AvgIpc) is 2.89. The molecule has 4 aromatic rings. The Morgan fingerprint density at radius 2 is 1.46 bits per heavy atom. The molecule has 8 heteroatoms. The third-order valence-corrected chi connectivity index (χ3v) is 6.35. The number of benzene rings is 3. The largest absolute Gasteiger partial charge is 0.422 e. The van der Waals surface area contributed by atoms with Crippen LogP contribution in [0.3, 0.4) is 0 Å². The number of piperazine rings is 1. The van der Waals surface area contributed by atoms with Gasteiger partial charge in [-0.3, -0.25) is 19.8 Å². The predicted molar refractivity (Wildman–Crippen MR) is 131 cm³/mol. The van der Waals surface area contributed by atoms with Crippen LogP contribution in [0.1, 0.15) is 27.5 Å². The minimum absolute atomic E-state index is 0.0564. The highest BCUT2D eigenvalue weighted by atomic mass is 16.6. The number of hydrogen-bond donors (Lipinski definition) is 0. The summed E-state index contributed by atoms with van der Waals surface area (Å²) in [5.41, 5.74) is 1.56. The highest BCUT2D eigenvalue weighted by Crippen LogP contribution is 2.29. The van der Waals surface area contributed by atoms with Crippen LogP contribution in [0.5, 0.6) is 0 Å². The lowest BCUT2D eigenvalue weighted by molar-refractivity contribution is -0.384. The SMILES string of the molecule is O=C(c1cc2cc([N+](=O)[O-])ccc2oc1=O)N1CCN(C(c2ccccc2)c2ccccc2)CC1. The Morgan fingerprint density at radius 1 is 0.857 bits per heavy atom. The smallest absolute Gasteiger partial charge is 0.349 e. The first-order valence-corrected chi connectivity index (χ1v) is 11.4. The molecule has 1 aromatic heterocycles. The molecule has 5 rings (SSSR count). The zero-order chi connectivity index (χ0) is 24.4. The zero-order valence-corrected chi connectivity index (χ0v) is 18.9. The molecule has 1 fully saturated rings. The average molecular weight is 469 g/mol. The van der Waals surface area contributed by atoms with E-state index in [2.05, 4.69) is 29.2 Å². The molecular weight excluding hydrogens is 446 g/mol. The van der Waals surface area contributed by atoms with Crippen LogP contribution in [0.15, 0.2) is 94.1 Å². The molecule has 1 amide bonds. The van der Waals surface area contributed by atoms with Gasteiger partial charge in [0.25, 0.3) is 11.6 Å². The lowest BCUT2D eigenvalue weighted by Gasteiger charge is -2.39. The van der Waals surface area contributed by atoms with Crippen LogP contribution in [0.25, 0.3) is 11.0 Å². The van der Waals surface area contributed by atoms with E-state index in [1.165, 1.54) is 35.4 Å². The molecule has 3 aromatic carbocycles. The van der Waals surface area contributed by atoms with Gasteiger partial charge in [-0.1, -0.05) is 60.7 Å². The highest BCUT2D eigenvalue weighted by molar-refractivity contribution is 5.97. The van der Waals surface area contributed by atoms with Gasteiger partial charge in [0, 0.05) is 43.7 Å². The summed E-state index contributed by atoms with van der Waals surface area (Å²) in [6.07, 6.45) is 0. The summed E-state index contributed by atoms with van der Waals surface area (Å²) in [6.45, 7) is 2.15. The van der Waals surface area contributed by atoms with E-state index in [-0.39, 0.29) is 22.9 Å². The van der Waals surface area contributed by atoms with E-state index < -0.39 is 16.5 Å². The van der Waals surface area contributed by atoms with Gasteiger partial charge in [-0.05, 0) is 23.3 Å². The van der Waals surface area contributed by atoms with E-state index in [1.807, 2.05) is 36.4 Å². The van der Waals surface area contributed by atoms with Gasteiger partial charge in [0.15, 0.2) is 0 Å². The molecule has 0 bridgehead atoms. The van der Waals surface area contributed by atoms with Gasteiger partial charge in [0.2, 0.25) is 0 Å². The molecule has 0 aliphatic carbocycles. The Hall–Kier alpha value is -4.30. The van der Waals surface area contributed by atoms with Crippen molar-refractivity contribution in [3.8, 4) is 0 Å². The highest BCUT2D eigenvalue weighted by Gasteiger charge is 2.30. The molecule has 0 radical (unpaired) electrons. The van der Waals surface area contributed by atoms with E-state index in [0.717, 1.165) is 0 Å². The Labute approximate surface area is 201 Å². The number of rotatable bonds is 5. The van der Waals surface area contributed by atoms with Crippen LogP contribution in [0.2, 0.25) is 0 Å². The van der Waals surface area contributed by atoms with Gasteiger partial charge in [-0.25, -0.2) is 4.79 Å². The number of non-ortho nitro benzene ring substituents is 1. The van der Waals surface area contributed by atoms with Gasteiger partial charge in [-0.15, -0.1) is 0 Å². The number of amides is 1. The first-order chi connectivity index (χ1) is 17.0. The van der Waals surface area contributed by atoms with E-state index in [9.17, 15) is 19.7 Å². The Kier molecular flexibility index (Phi) is 6.12. The monoisotopic (exact) mass is 469 g/mol. The summed E-state index contributed by atoms with van der Waals surface area (Å²) >= 11 is 0. The van der Waals surface area contributed by atoms with Gasteiger partial charge >= 0.3 is 5.63 Å². The second-order valence-corrected chi connectivity index (χ2v) is 8.48. The number of nitrogens with zero attached hydrogens (tertiary/aromatic N) is 3. The van der Waals surface area contributed by atoms with Gasteiger partial charge < -0.3 is 9.32 Å². The number of carbonyl (C=O) groups excluding carboxylic acids is 1. The summed E-state index contributed by atoms with van der Waals surface area (Å²) in [4.78, 5) is 40.3. The van der Waals surface area contributed by atoms with Gasteiger partial charge in [0.05, 0.1) is 11.0 Å². The summed E-state index contributed by atoms with van der Waals surface area (Å²) in [7, 11) is 0.